The van der Waals surface area contributed by atoms with Gasteiger partial charge in [0.15, 0.2) is 0 Å². The Hall–Kier alpha value is -0.520. The topological polar surface area (TPSA) is 0 Å². The third-order valence-corrected chi connectivity index (χ3v) is 11.4. The van der Waals surface area contributed by atoms with Crippen molar-refractivity contribution in [1.82, 2.24) is 0 Å². The van der Waals surface area contributed by atoms with E-state index < -0.39 is 0 Å². The summed E-state index contributed by atoms with van der Waals surface area (Å²) in [5.41, 5.74) is 5.38. The molecule has 3 saturated carbocycles. The summed E-state index contributed by atoms with van der Waals surface area (Å²) in [7, 11) is 0. The van der Waals surface area contributed by atoms with Gasteiger partial charge in [-0.2, -0.15) is 0 Å². The first-order valence-electron chi connectivity index (χ1n) is 13.6. The normalized spacial score (nSPS) is 46.2. The Labute approximate surface area is 187 Å². The molecule has 5 aliphatic carbocycles. The quantitative estimate of drug-likeness (QED) is 0.408. The minimum atomic E-state index is 0.540. The first-order valence-corrected chi connectivity index (χ1v) is 13.6. The van der Waals surface area contributed by atoms with E-state index in [1.165, 1.54) is 83.5 Å². The van der Waals surface area contributed by atoms with Crippen LogP contribution in [0.3, 0.4) is 0 Å². The van der Waals surface area contributed by atoms with Crippen LogP contribution in [0.15, 0.2) is 23.3 Å². The fraction of sp³-hybridized carbons (Fsp3) is 0.867. The standard InChI is InChI=1S/C30H48/c1-21(20-22-13-17-28(2,3)18-14-22)25-11-12-26-24-10-9-23-8-6-7-16-29(23,4)27(24)15-19-30(25,26)5/h9,13,21,24-27H,6-8,10-12,14-20H2,1-5H3. The molecule has 7 atom stereocenters. The van der Waals surface area contributed by atoms with E-state index in [4.69, 9.17) is 0 Å². The van der Waals surface area contributed by atoms with E-state index >= 15 is 0 Å². The number of fused-ring (bicyclic) bond motifs is 5. The predicted octanol–water partition coefficient (Wildman–Crippen LogP) is 9.12. The van der Waals surface area contributed by atoms with E-state index in [1.54, 1.807) is 5.57 Å². The van der Waals surface area contributed by atoms with Crippen molar-refractivity contribution in [3.8, 4) is 0 Å². The van der Waals surface area contributed by atoms with Crippen molar-refractivity contribution in [2.45, 2.75) is 118 Å². The summed E-state index contributed by atoms with van der Waals surface area (Å²) in [5, 5.41) is 0. The second-order valence-electron chi connectivity index (χ2n) is 13.6. The van der Waals surface area contributed by atoms with Gasteiger partial charge in [0.25, 0.3) is 0 Å². The molecule has 0 heterocycles. The van der Waals surface area contributed by atoms with Crippen LogP contribution in [-0.4, -0.2) is 0 Å². The van der Waals surface area contributed by atoms with Crippen molar-refractivity contribution in [2.75, 3.05) is 0 Å². The minimum absolute atomic E-state index is 0.540. The monoisotopic (exact) mass is 408 g/mol. The maximum atomic E-state index is 2.75. The van der Waals surface area contributed by atoms with Crippen LogP contribution in [0.2, 0.25) is 0 Å². The van der Waals surface area contributed by atoms with Crippen molar-refractivity contribution in [3.05, 3.63) is 23.3 Å². The Bertz CT molecular complexity index is 722. The molecule has 0 heteroatoms. The molecule has 0 N–H and O–H groups in total. The Morgan fingerprint density at radius 2 is 1.73 bits per heavy atom. The van der Waals surface area contributed by atoms with Crippen molar-refractivity contribution >= 4 is 0 Å². The van der Waals surface area contributed by atoms with Crippen molar-refractivity contribution in [3.63, 3.8) is 0 Å². The van der Waals surface area contributed by atoms with Crippen molar-refractivity contribution in [1.29, 1.82) is 0 Å². The molecule has 5 rings (SSSR count). The van der Waals surface area contributed by atoms with Gasteiger partial charge in [-0.25, -0.2) is 0 Å². The summed E-state index contributed by atoms with van der Waals surface area (Å²) in [4.78, 5) is 0. The molecule has 0 aromatic rings. The van der Waals surface area contributed by atoms with E-state index in [-0.39, 0.29) is 0 Å². The van der Waals surface area contributed by atoms with Gasteiger partial charge in [-0.1, -0.05) is 64.3 Å². The largest absolute Gasteiger partial charge is 0.0848 e. The van der Waals surface area contributed by atoms with Gasteiger partial charge in [0.05, 0.1) is 0 Å². The van der Waals surface area contributed by atoms with Crippen LogP contribution in [0, 0.1) is 45.8 Å². The predicted molar refractivity (Wildman–Crippen MR) is 129 cm³/mol. The Morgan fingerprint density at radius 1 is 0.900 bits per heavy atom. The third kappa shape index (κ3) is 3.38. The summed E-state index contributed by atoms with van der Waals surface area (Å²) in [5.74, 6) is 4.82. The maximum absolute atomic E-state index is 2.75. The molecule has 0 saturated heterocycles. The summed E-state index contributed by atoms with van der Waals surface area (Å²) >= 11 is 0. The lowest BCUT2D eigenvalue weighted by Crippen LogP contribution is -2.50. The fourth-order valence-corrected chi connectivity index (χ4v) is 9.54. The molecule has 0 nitrogen and oxygen atoms in total. The van der Waals surface area contributed by atoms with Crippen LogP contribution in [-0.2, 0) is 0 Å². The highest BCUT2D eigenvalue weighted by Gasteiger charge is 2.58. The molecule has 168 valence electrons. The van der Waals surface area contributed by atoms with Crippen molar-refractivity contribution in [2.24, 2.45) is 45.8 Å². The maximum Gasteiger partial charge on any atom is -0.00853 e. The van der Waals surface area contributed by atoms with Gasteiger partial charge >= 0.3 is 0 Å². The average Bonchev–Trinajstić information content (AvgIpc) is 3.06. The second-order valence-corrected chi connectivity index (χ2v) is 13.6. The number of hydrogen-bond donors (Lipinski definition) is 0. The van der Waals surface area contributed by atoms with Gasteiger partial charge < -0.3 is 0 Å². The molecule has 0 aromatic carbocycles. The van der Waals surface area contributed by atoms with E-state index in [0.29, 0.717) is 16.2 Å². The van der Waals surface area contributed by atoms with Gasteiger partial charge in [0.2, 0.25) is 0 Å². The summed E-state index contributed by atoms with van der Waals surface area (Å²) in [6, 6.07) is 0. The zero-order chi connectivity index (χ0) is 21.1. The van der Waals surface area contributed by atoms with Gasteiger partial charge in [-0.15, -0.1) is 0 Å². The highest BCUT2D eigenvalue weighted by atomic mass is 14.6. The second kappa shape index (κ2) is 7.52. The van der Waals surface area contributed by atoms with Gasteiger partial charge in [-0.05, 0) is 123 Å². The molecule has 0 amide bonds. The molecule has 3 fully saturated rings. The lowest BCUT2D eigenvalue weighted by molar-refractivity contribution is -0.0493. The van der Waals surface area contributed by atoms with Crippen LogP contribution >= 0.6 is 0 Å². The molecule has 0 aromatic heterocycles. The van der Waals surface area contributed by atoms with Gasteiger partial charge in [-0.3, -0.25) is 0 Å². The lowest BCUT2D eigenvalue weighted by Gasteiger charge is -2.58. The fourth-order valence-electron chi connectivity index (χ4n) is 9.54. The van der Waals surface area contributed by atoms with Crippen LogP contribution in [0.5, 0.6) is 0 Å². The molecule has 0 radical (unpaired) electrons. The van der Waals surface area contributed by atoms with E-state index in [0.717, 1.165) is 29.6 Å². The molecule has 0 aliphatic heterocycles. The lowest BCUT2D eigenvalue weighted by atomic mass is 9.47. The highest BCUT2D eigenvalue weighted by molar-refractivity contribution is 5.24. The zero-order valence-electron chi connectivity index (χ0n) is 20.7. The molecule has 0 bridgehead atoms. The Balaban J connectivity index is 1.32. The molecule has 7 unspecified atom stereocenters. The number of allylic oxidation sites excluding steroid dienone is 4. The van der Waals surface area contributed by atoms with Crippen molar-refractivity contribution < 1.29 is 0 Å². The third-order valence-electron chi connectivity index (χ3n) is 11.4. The summed E-state index contributed by atoms with van der Waals surface area (Å²) in [6.07, 6.45) is 24.1. The first-order chi connectivity index (χ1) is 14.2. The summed E-state index contributed by atoms with van der Waals surface area (Å²) in [6.45, 7) is 12.9. The van der Waals surface area contributed by atoms with Crippen LogP contribution in [0.4, 0.5) is 0 Å². The molecule has 30 heavy (non-hydrogen) atoms. The number of rotatable bonds is 3. The molecular formula is C30H48. The zero-order valence-corrected chi connectivity index (χ0v) is 20.7. The first kappa shape index (κ1) is 21.3. The Morgan fingerprint density at radius 3 is 2.50 bits per heavy atom. The van der Waals surface area contributed by atoms with Crippen LogP contribution in [0.25, 0.3) is 0 Å². The SMILES string of the molecule is CC(CC1=CCC(C)(C)CC1)C1CCC2C3CC=C4CCCCC4(C)C3CCC12C. The average molecular weight is 409 g/mol. The molecular weight excluding hydrogens is 360 g/mol. The van der Waals surface area contributed by atoms with E-state index in [1.807, 2.05) is 5.57 Å². The van der Waals surface area contributed by atoms with Gasteiger partial charge in [0, 0.05) is 0 Å². The molecule has 0 spiro atoms. The van der Waals surface area contributed by atoms with Crippen LogP contribution < -0.4 is 0 Å². The molecule has 5 aliphatic rings. The minimum Gasteiger partial charge on any atom is -0.0848 e. The van der Waals surface area contributed by atoms with Crippen LogP contribution in [0.1, 0.15) is 118 Å². The highest BCUT2D eigenvalue weighted by Crippen LogP contribution is 2.67. The Kier molecular flexibility index (Phi) is 5.35. The van der Waals surface area contributed by atoms with E-state index in [9.17, 15) is 0 Å². The van der Waals surface area contributed by atoms with Gasteiger partial charge in [0.1, 0.15) is 0 Å². The smallest absolute Gasteiger partial charge is 0.00853 e. The summed E-state index contributed by atoms with van der Waals surface area (Å²) < 4.78 is 0. The van der Waals surface area contributed by atoms with E-state index in [2.05, 4.69) is 46.8 Å². The number of hydrogen-bond acceptors (Lipinski definition) is 0.